The van der Waals surface area contributed by atoms with Gasteiger partial charge in [0.05, 0.1) is 36.2 Å². The van der Waals surface area contributed by atoms with E-state index in [0.717, 1.165) is 38.5 Å². The summed E-state index contributed by atoms with van der Waals surface area (Å²) < 4.78 is 6.51. The number of carbonyl (C=O) groups is 1. The lowest BCUT2D eigenvalue weighted by Crippen LogP contribution is -2.35. The predicted molar refractivity (Wildman–Crippen MR) is 110 cm³/mol. The highest BCUT2D eigenvalue weighted by molar-refractivity contribution is 7.13. The fourth-order valence-electron chi connectivity index (χ4n) is 3.22. The van der Waals surface area contributed by atoms with Crippen LogP contribution in [0.3, 0.4) is 0 Å². The summed E-state index contributed by atoms with van der Waals surface area (Å²) in [6.07, 6.45) is 0.0482. The van der Waals surface area contributed by atoms with E-state index in [4.69, 9.17) is 4.74 Å². The number of rotatable bonds is 6. The highest BCUT2D eigenvalue weighted by atomic mass is 32.1. The van der Waals surface area contributed by atoms with E-state index in [1.165, 1.54) is 16.0 Å². The Labute approximate surface area is 169 Å². The minimum absolute atomic E-state index is 0.0482. The van der Waals surface area contributed by atoms with Crippen molar-refractivity contribution in [3.63, 3.8) is 0 Å². The number of ether oxygens (including phenoxy) is 1. The zero-order valence-electron chi connectivity index (χ0n) is 15.7. The van der Waals surface area contributed by atoms with Gasteiger partial charge in [-0.25, -0.2) is 9.67 Å². The van der Waals surface area contributed by atoms with Crippen molar-refractivity contribution < 1.29 is 9.53 Å². The van der Waals surface area contributed by atoms with E-state index in [1.54, 1.807) is 24.3 Å². The van der Waals surface area contributed by atoms with Crippen molar-refractivity contribution in [1.82, 2.24) is 19.7 Å². The third kappa shape index (κ3) is 4.61. The number of aromatic nitrogens is 3. The van der Waals surface area contributed by atoms with E-state index >= 15 is 0 Å². The molecule has 1 aromatic carbocycles. The first-order valence-corrected chi connectivity index (χ1v) is 10.2. The van der Waals surface area contributed by atoms with Gasteiger partial charge in [0.2, 0.25) is 5.91 Å². The van der Waals surface area contributed by atoms with Gasteiger partial charge in [-0.3, -0.25) is 24.4 Å². The average Bonchev–Trinajstić information content (AvgIpc) is 3.17. The number of fused-ring (bicyclic) bond motifs is 1. The Kier molecular flexibility index (Phi) is 5.84. The molecule has 1 saturated heterocycles. The number of H-pyrrole nitrogens is 1. The van der Waals surface area contributed by atoms with Crippen molar-refractivity contribution in [1.29, 1.82) is 0 Å². The SMILES string of the molecule is O=C(CCn1[nH]c(=O)c2ccccc2c1=O)Nc1nc(CN2CCOCC2)cs1. The molecule has 2 N–H and O–H groups in total. The number of hydrogen-bond acceptors (Lipinski definition) is 7. The Morgan fingerprint density at radius 2 is 1.97 bits per heavy atom. The van der Waals surface area contributed by atoms with Crippen LogP contribution in [0, 0.1) is 0 Å². The van der Waals surface area contributed by atoms with Gasteiger partial charge in [-0.2, -0.15) is 0 Å². The summed E-state index contributed by atoms with van der Waals surface area (Å²) in [5.41, 5.74) is 0.227. The number of morpholine rings is 1. The molecule has 9 nitrogen and oxygen atoms in total. The van der Waals surface area contributed by atoms with Crippen LogP contribution < -0.4 is 16.4 Å². The molecule has 0 atom stereocenters. The Morgan fingerprint density at radius 3 is 2.76 bits per heavy atom. The Balaban J connectivity index is 1.36. The maximum atomic E-state index is 12.5. The minimum Gasteiger partial charge on any atom is -0.379 e. The van der Waals surface area contributed by atoms with Crippen LogP contribution in [0.25, 0.3) is 10.8 Å². The molecule has 3 aromatic rings. The summed E-state index contributed by atoms with van der Waals surface area (Å²) in [6, 6.07) is 6.62. The third-order valence-electron chi connectivity index (χ3n) is 4.73. The van der Waals surface area contributed by atoms with Crippen LogP contribution in [0.15, 0.2) is 39.2 Å². The van der Waals surface area contributed by atoms with Crippen LogP contribution in [0.1, 0.15) is 12.1 Å². The van der Waals surface area contributed by atoms with Gasteiger partial charge in [0.25, 0.3) is 11.1 Å². The summed E-state index contributed by atoms with van der Waals surface area (Å²) >= 11 is 1.37. The molecule has 4 rings (SSSR count). The second-order valence-corrected chi connectivity index (χ2v) is 7.63. The number of amides is 1. The quantitative estimate of drug-likeness (QED) is 0.622. The summed E-state index contributed by atoms with van der Waals surface area (Å²) in [4.78, 5) is 43.6. The molecule has 0 unspecified atom stereocenters. The number of nitrogens with one attached hydrogen (secondary N) is 2. The first kappa shape index (κ1) is 19.5. The van der Waals surface area contributed by atoms with Gasteiger partial charge >= 0.3 is 0 Å². The summed E-state index contributed by atoms with van der Waals surface area (Å²) in [6.45, 7) is 4.00. The zero-order valence-corrected chi connectivity index (χ0v) is 16.5. The lowest BCUT2D eigenvalue weighted by atomic mass is 10.2. The minimum atomic E-state index is -0.353. The van der Waals surface area contributed by atoms with E-state index in [9.17, 15) is 14.4 Å². The first-order chi connectivity index (χ1) is 14.1. The predicted octanol–water partition coefficient (Wildman–Crippen LogP) is 1.01. The maximum Gasteiger partial charge on any atom is 0.273 e. The summed E-state index contributed by atoms with van der Waals surface area (Å²) in [7, 11) is 0. The monoisotopic (exact) mass is 415 g/mol. The molecule has 0 bridgehead atoms. The third-order valence-corrected chi connectivity index (χ3v) is 5.54. The molecular weight excluding hydrogens is 394 g/mol. The molecule has 3 heterocycles. The molecular formula is C19H21N5O4S. The molecule has 0 saturated carbocycles. The van der Waals surface area contributed by atoms with Crippen molar-refractivity contribution in [2.24, 2.45) is 0 Å². The molecule has 2 aromatic heterocycles. The molecule has 1 amide bonds. The van der Waals surface area contributed by atoms with Gasteiger partial charge in [0.15, 0.2) is 5.13 Å². The van der Waals surface area contributed by atoms with E-state index in [-0.39, 0.29) is 30.0 Å². The molecule has 1 aliphatic heterocycles. The van der Waals surface area contributed by atoms with E-state index in [2.05, 4.69) is 20.3 Å². The number of nitrogens with zero attached hydrogens (tertiary/aromatic N) is 3. The van der Waals surface area contributed by atoms with Crippen molar-refractivity contribution >= 4 is 33.1 Å². The van der Waals surface area contributed by atoms with Crippen molar-refractivity contribution in [2.45, 2.75) is 19.5 Å². The number of aryl methyl sites for hydroxylation is 1. The van der Waals surface area contributed by atoms with E-state index in [0.29, 0.717) is 15.9 Å². The van der Waals surface area contributed by atoms with Gasteiger partial charge in [-0.05, 0) is 12.1 Å². The van der Waals surface area contributed by atoms with Crippen LogP contribution in [-0.2, 0) is 22.6 Å². The average molecular weight is 415 g/mol. The highest BCUT2D eigenvalue weighted by Crippen LogP contribution is 2.17. The Morgan fingerprint density at radius 1 is 1.21 bits per heavy atom. The Hall–Kier alpha value is -2.82. The number of benzene rings is 1. The second-order valence-electron chi connectivity index (χ2n) is 6.77. The van der Waals surface area contributed by atoms with E-state index < -0.39 is 0 Å². The molecule has 0 spiro atoms. The summed E-state index contributed by atoms with van der Waals surface area (Å²) in [5.74, 6) is -0.266. The molecule has 10 heteroatoms. The molecule has 0 aliphatic carbocycles. The lowest BCUT2D eigenvalue weighted by molar-refractivity contribution is -0.116. The van der Waals surface area contributed by atoms with Crippen molar-refractivity contribution in [3.8, 4) is 0 Å². The second kappa shape index (κ2) is 8.68. The van der Waals surface area contributed by atoms with Crippen LogP contribution >= 0.6 is 11.3 Å². The number of carbonyl (C=O) groups excluding carboxylic acids is 1. The van der Waals surface area contributed by atoms with Crippen LogP contribution in [-0.4, -0.2) is 51.9 Å². The van der Waals surface area contributed by atoms with Crippen molar-refractivity contribution in [3.05, 3.63) is 56.0 Å². The van der Waals surface area contributed by atoms with Gasteiger partial charge < -0.3 is 10.1 Å². The number of anilines is 1. The standard InChI is InChI=1S/C19H21N5O4S/c25-16(21-19-20-13(12-29-19)11-23-7-9-28-10-8-23)5-6-24-18(27)15-4-2-1-3-14(15)17(26)22-24/h1-4,12H,5-11H2,(H,22,26)(H,20,21,25). The van der Waals surface area contributed by atoms with Gasteiger partial charge in [0, 0.05) is 31.4 Å². The fraction of sp³-hybridized carbons (Fsp3) is 0.368. The molecule has 1 fully saturated rings. The normalized spacial score (nSPS) is 14.9. The van der Waals surface area contributed by atoms with Gasteiger partial charge in [-0.15, -0.1) is 11.3 Å². The first-order valence-electron chi connectivity index (χ1n) is 9.36. The largest absolute Gasteiger partial charge is 0.379 e. The van der Waals surface area contributed by atoms with Gasteiger partial charge in [-0.1, -0.05) is 12.1 Å². The van der Waals surface area contributed by atoms with Gasteiger partial charge in [0.1, 0.15) is 0 Å². The molecule has 29 heavy (non-hydrogen) atoms. The van der Waals surface area contributed by atoms with Crippen LogP contribution in [0.2, 0.25) is 0 Å². The summed E-state index contributed by atoms with van der Waals surface area (Å²) in [5, 5.41) is 8.42. The van der Waals surface area contributed by atoms with Crippen LogP contribution in [0.5, 0.6) is 0 Å². The maximum absolute atomic E-state index is 12.5. The smallest absolute Gasteiger partial charge is 0.273 e. The van der Waals surface area contributed by atoms with Crippen LogP contribution in [0.4, 0.5) is 5.13 Å². The topological polar surface area (TPSA) is 109 Å². The molecule has 1 aliphatic rings. The molecule has 152 valence electrons. The lowest BCUT2D eigenvalue weighted by Gasteiger charge is -2.25. The van der Waals surface area contributed by atoms with Crippen molar-refractivity contribution in [2.75, 3.05) is 31.6 Å². The Bertz CT molecular complexity index is 1130. The number of aromatic amines is 1. The number of thiazole rings is 1. The van der Waals surface area contributed by atoms with E-state index in [1.807, 2.05) is 5.38 Å². The fourth-order valence-corrected chi connectivity index (χ4v) is 3.94. The molecule has 0 radical (unpaired) electrons. The highest BCUT2D eigenvalue weighted by Gasteiger charge is 2.14. The number of hydrogen-bond donors (Lipinski definition) is 2. The zero-order chi connectivity index (χ0) is 20.2.